The Morgan fingerprint density at radius 1 is 1.69 bits per heavy atom. The highest BCUT2D eigenvalue weighted by atomic mass is 16.5. The van der Waals surface area contributed by atoms with Crippen LogP contribution in [0.2, 0.25) is 0 Å². The summed E-state index contributed by atoms with van der Waals surface area (Å²) < 4.78 is 4.85. The number of hydrogen-bond acceptors (Lipinski definition) is 4. The molecule has 1 aliphatic heterocycles. The summed E-state index contributed by atoms with van der Waals surface area (Å²) in [6.45, 7) is 0.543. The molecule has 1 atom stereocenters. The molecule has 1 heterocycles. The minimum atomic E-state index is -0.391. The molecule has 0 aromatic carbocycles. The number of nitrogens with one attached hydrogen (secondary N) is 1. The first kappa shape index (κ1) is 9.94. The maximum absolute atomic E-state index is 11.2. The monoisotopic (exact) mass is 187 g/mol. The van der Waals surface area contributed by atoms with Crippen molar-refractivity contribution in [3.05, 3.63) is 0 Å². The number of nitrogens with zero attached hydrogens (tertiary/aromatic N) is 1. The van der Waals surface area contributed by atoms with Crippen molar-refractivity contribution in [1.82, 2.24) is 10.2 Å². The standard InChI is InChI=1S/C7H13N3O3/c1-13-4-5(2-8)10-6(11)3-9-7(10)12/h5H,2-4,8H2,1H3,(H,9,12). The third-order valence-corrected chi connectivity index (χ3v) is 1.87. The lowest BCUT2D eigenvalue weighted by atomic mass is 10.3. The topological polar surface area (TPSA) is 84.7 Å². The van der Waals surface area contributed by atoms with Gasteiger partial charge in [-0.2, -0.15) is 0 Å². The highest BCUT2D eigenvalue weighted by Gasteiger charge is 2.33. The molecule has 0 aromatic rings. The van der Waals surface area contributed by atoms with Gasteiger partial charge in [0, 0.05) is 13.7 Å². The fourth-order valence-electron chi connectivity index (χ4n) is 1.24. The molecule has 0 spiro atoms. The molecule has 1 fully saturated rings. The van der Waals surface area contributed by atoms with Crippen molar-refractivity contribution in [3.8, 4) is 0 Å². The number of hydrogen-bond donors (Lipinski definition) is 2. The van der Waals surface area contributed by atoms with Gasteiger partial charge in [-0.05, 0) is 0 Å². The Morgan fingerprint density at radius 2 is 2.38 bits per heavy atom. The van der Waals surface area contributed by atoms with Crippen molar-refractivity contribution < 1.29 is 14.3 Å². The molecule has 0 radical (unpaired) electrons. The number of nitrogens with two attached hydrogens (primary N) is 1. The van der Waals surface area contributed by atoms with Crippen LogP contribution in [0.4, 0.5) is 4.79 Å². The molecule has 13 heavy (non-hydrogen) atoms. The lowest BCUT2D eigenvalue weighted by Crippen LogP contribution is -2.47. The molecule has 3 amide bonds. The quantitative estimate of drug-likeness (QED) is 0.525. The van der Waals surface area contributed by atoms with Crippen molar-refractivity contribution in [2.45, 2.75) is 6.04 Å². The second-order valence-electron chi connectivity index (χ2n) is 2.77. The SMILES string of the molecule is COCC(CN)N1C(=O)CNC1=O. The summed E-state index contributed by atoms with van der Waals surface area (Å²) in [5, 5.41) is 2.42. The van der Waals surface area contributed by atoms with E-state index in [-0.39, 0.29) is 31.6 Å². The molecule has 6 heteroatoms. The Morgan fingerprint density at radius 3 is 2.77 bits per heavy atom. The van der Waals surface area contributed by atoms with Crippen molar-refractivity contribution in [3.63, 3.8) is 0 Å². The van der Waals surface area contributed by atoms with Gasteiger partial charge < -0.3 is 15.8 Å². The van der Waals surface area contributed by atoms with Crippen LogP contribution >= 0.6 is 0 Å². The Kier molecular flexibility index (Phi) is 3.21. The predicted octanol–water partition coefficient (Wildman–Crippen LogP) is -1.49. The van der Waals surface area contributed by atoms with Crippen LogP contribution in [0.5, 0.6) is 0 Å². The Bertz CT molecular complexity index is 203. The van der Waals surface area contributed by atoms with Crippen LogP contribution in [0.15, 0.2) is 0 Å². The van der Waals surface area contributed by atoms with Crippen LogP contribution in [-0.2, 0) is 9.53 Å². The zero-order valence-corrected chi connectivity index (χ0v) is 7.45. The fraction of sp³-hybridized carbons (Fsp3) is 0.714. The molecule has 6 nitrogen and oxygen atoms in total. The van der Waals surface area contributed by atoms with Crippen LogP contribution < -0.4 is 11.1 Å². The molecule has 1 aliphatic rings. The highest BCUT2D eigenvalue weighted by Crippen LogP contribution is 2.05. The third-order valence-electron chi connectivity index (χ3n) is 1.87. The first-order chi connectivity index (χ1) is 6.20. The minimum absolute atomic E-state index is 0.0546. The van der Waals surface area contributed by atoms with Crippen LogP contribution in [0.3, 0.4) is 0 Å². The zero-order chi connectivity index (χ0) is 9.84. The maximum atomic E-state index is 11.2. The van der Waals surface area contributed by atoms with E-state index < -0.39 is 6.03 Å². The van der Waals surface area contributed by atoms with Gasteiger partial charge >= 0.3 is 6.03 Å². The number of ether oxygens (including phenoxy) is 1. The number of carbonyl (C=O) groups excluding carboxylic acids is 2. The summed E-state index contributed by atoms with van der Waals surface area (Å²) in [5.41, 5.74) is 5.41. The highest BCUT2D eigenvalue weighted by molar-refractivity contribution is 6.02. The smallest absolute Gasteiger partial charge is 0.324 e. The lowest BCUT2D eigenvalue weighted by Gasteiger charge is -2.22. The Hall–Kier alpha value is -1.14. The zero-order valence-electron chi connectivity index (χ0n) is 7.45. The van der Waals surface area contributed by atoms with Gasteiger partial charge in [0.05, 0.1) is 19.2 Å². The van der Waals surface area contributed by atoms with Crippen LogP contribution in [0, 0.1) is 0 Å². The number of carbonyl (C=O) groups is 2. The van der Waals surface area contributed by atoms with E-state index in [0.717, 1.165) is 4.90 Å². The second-order valence-corrected chi connectivity index (χ2v) is 2.77. The molecule has 1 unspecified atom stereocenters. The summed E-state index contributed by atoms with van der Waals surface area (Å²) in [6, 6.07) is -0.752. The molecule has 0 aliphatic carbocycles. The molecular weight excluding hydrogens is 174 g/mol. The lowest BCUT2D eigenvalue weighted by molar-refractivity contribution is -0.127. The molecule has 3 N–H and O–H groups in total. The van der Waals surface area contributed by atoms with E-state index in [1.54, 1.807) is 0 Å². The number of urea groups is 1. The molecule has 0 aromatic heterocycles. The van der Waals surface area contributed by atoms with E-state index in [1.165, 1.54) is 7.11 Å². The number of methoxy groups -OCH3 is 1. The first-order valence-corrected chi connectivity index (χ1v) is 3.99. The van der Waals surface area contributed by atoms with E-state index in [9.17, 15) is 9.59 Å². The van der Waals surface area contributed by atoms with E-state index in [4.69, 9.17) is 10.5 Å². The van der Waals surface area contributed by atoms with E-state index in [2.05, 4.69) is 5.32 Å². The first-order valence-electron chi connectivity index (χ1n) is 3.99. The minimum Gasteiger partial charge on any atom is -0.382 e. The molecule has 1 rings (SSSR count). The normalized spacial score (nSPS) is 19.1. The summed E-state index contributed by atoms with van der Waals surface area (Å²) in [7, 11) is 1.50. The van der Waals surface area contributed by atoms with Crippen molar-refractivity contribution >= 4 is 11.9 Å². The average Bonchev–Trinajstić information content (AvgIpc) is 2.43. The predicted molar refractivity (Wildman–Crippen MR) is 45.0 cm³/mol. The fourth-order valence-corrected chi connectivity index (χ4v) is 1.24. The molecule has 0 bridgehead atoms. The van der Waals surface area contributed by atoms with Gasteiger partial charge in [0.25, 0.3) is 0 Å². The number of imide groups is 1. The summed E-state index contributed by atoms with van der Waals surface area (Å²) in [5.74, 6) is -0.252. The van der Waals surface area contributed by atoms with Gasteiger partial charge in [0.2, 0.25) is 5.91 Å². The van der Waals surface area contributed by atoms with Crippen LogP contribution in [0.1, 0.15) is 0 Å². The van der Waals surface area contributed by atoms with Crippen LogP contribution in [0.25, 0.3) is 0 Å². The van der Waals surface area contributed by atoms with Gasteiger partial charge in [0.15, 0.2) is 0 Å². The summed E-state index contributed by atoms with van der Waals surface area (Å²) in [4.78, 5) is 23.4. The summed E-state index contributed by atoms with van der Waals surface area (Å²) >= 11 is 0. The molecule has 1 saturated heterocycles. The van der Waals surface area contributed by atoms with Crippen molar-refractivity contribution in [1.29, 1.82) is 0 Å². The van der Waals surface area contributed by atoms with Crippen molar-refractivity contribution in [2.24, 2.45) is 5.73 Å². The van der Waals surface area contributed by atoms with E-state index in [1.807, 2.05) is 0 Å². The van der Waals surface area contributed by atoms with Crippen LogP contribution in [-0.4, -0.2) is 49.7 Å². The van der Waals surface area contributed by atoms with E-state index in [0.29, 0.717) is 0 Å². The molecule has 0 saturated carbocycles. The van der Waals surface area contributed by atoms with Gasteiger partial charge in [-0.1, -0.05) is 0 Å². The number of rotatable bonds is 4. The summed E-state index contributed by atoms with van der Waals surface area (Å²) in [6.07, 6.45) is 0. The largest absolute Gasteiger partial charge is 0.382 e. The maximum Gasteiger partial charge on any atom is 0.324 e. The molecular formula is C7H13N3O3. The van der Waals surface area contributed by atoms with Gasteiger partial charge in [-0.25, -0.2) is 4.79 Å². The average molecular weight is 187 g/mol. The third kappa shape index (κ3) is 1.96. The van der Waals surface area contributed by atoms with E-state index >= 15 is 0 Å². The van der Waals surface area contributed by atoms with Gasteiger partial charge in [-0.3, -0.25) is 9.69 Å². The van der Waals surface area contributed by atoms with Crippen molar-refractivity contribution in [2.75, 3.05) is 26.8 Å². The molecule has 74 valence electrons. The van der Waals surface area contributed by atoms with Gasteiger partial charge in [0.1, 0.15) is 0 Å². The number of amides is 3. The van der Waals surface area contributed by atoms with Gasteiger partial charge in [-0.15, -0.1) is 0 Å². The second kappa shape index (κ2) is 4.20. The Labute approximate surface area is 76.0 Å². The Balaban J connectivity index is 2.65.